The number of allylic oxidation sites excluding steroid dienone is 1. The van der Waals surface area contributed by atoms with Gasteiger partial charge in [-0.1, -0.05) is 26.8 Å². The van der Waals surface area contributed by atoms with E-state index in [0.29, 0.717) is 0 Å². The van der Waals surface area contributed by atoms with E-state index in [1.165, 1.54) is 0 Å². The summed E-state index contributed by atoms with van der Waals surface area (Å²) in [6.07, 6.45) is 3.11. The summed E-state index contributed by atoms with van der Waals surface area (Å²) in [6, 6.07) is 0. The third-order valence-electron chi connectivity index (χ3n) is 3.85. The number of aliphatic carboxylic acids is 1. The Morgan fingerprint density at radius 2 is 1.94 bits per heavy atom. The van der Waals surface area contributed by atoms with Crippen LogP contribution in [0.2, 0.25) is 18.1 Å². The maximum Gasteiger partial charge on any atom is 0.308 e. The molecule has 2 atom stereocenters. The second-order valence-electron chi connectivity index (χ2n) is 6.41. The van der Waals surface area contributed by atoms with E-state index in [0.717, 1.165) is 12.8 Å². The van der Waals surface area contributed by atoms with E-state index in [4.69, 9.17) is 9.53 Å². The molecule has 0 heterocycles. The Bertz CT molecular complexity index is 292. The molecule has 0 aromatic rings. The van der Waals surface area contributed by atoms with Crippen LogP contribution in [0.4, 0.5) is 0 Å². The summed E-state index contributed by atoms with van der Waals surface area (Å²) < 4.78 is 6.24. The normalized spacial score (nSPS) is 16.1. The summed E-state index contributed by atoms with van der Waals surface area (Å²) in [5, 5.41) is 9.26. The number of carboxylic acid groups (broad SMARTS) is 1. The monoisotopic (exact) mass is 272 g/mol. The van der Waals surface area contributed by atoms with Gasteiger partial charge in [0.2, 0.25) is 0 Å². The summed E-state index contributed by atoms with van der Waals surface area (Å²) in [6.45, 7) is 16.2. The van der Waals surface area contributed by atoms with Gasteiger partial charge in [0.05, 0.1) is 12.0 Å². The molecule has 0 amide bonds. The summed E-state index contributed by atoms with van der Waals surface area (Å²) in [5.41, 5.74) is 0. The summed E-state index contributed by atoms with van der Waals surface area (Å²) in [5.74, 6) is -1.26. The van der Waals surface area contributed by atoms with E-state index in [9.17, 15) is 4.79 Å². The Morgan fingerprint density at radius 3 is 2.28 bits per heavy atom. The van der Waals surface area contributed by atoms with Gasteiger partial charge in [-0.2, -0.15) is 0 Å². The van der Waals surface area contributed by atoms with Gasteiger partial charge in [0, 0.05) is 0 Å². The minimum Gasteiger partial charge on any atom is -0.481 e. The second-order valence-corrected chi connectivity index (χ2v) is 11.2. The molecule has 0 saturated carbocycles. The zero-order chi connectivity index (χ0) is 14.6. The molecule has 0 bridgehead atoms. The highest BCUT2D eigenvalue weighted by Crippen LogP contribution is 2.38. The van der Waals surface area contributed by atoms with Crippen molar-refractivity contribution >= 4 is 14.3 Å². The molecule has 0 aromatic carbocycles. The Morgan fingerprint density at radius 1 is 1.44 bits per heavy atom. The molecule has 0 spiro atoms. The van der Waals surface area contributed by atoms with Crippen LogP contribution in [-0.4, -0.2) is 25.5 Å². The summed E-state index contributed by atoms with van der Waals surface area (Å²) >= 11 is 0. The first-order valence-electron chi connectivity index (χ1n) is 6.54. The highest BCUT2D eigenvalue weighted by atomic mass is 28.4. The van der Waals surface area contributed by atoms with Crippen LogP contribution in [0.25, 0.3) is 0 Å². The van der Waals surface area contributed by atoms with Crippen LogP contribution in [0.15, 0.2) is 12.7 Å². The number of hydrogen-bond donors (Lipinski definition) is 1. The molecule has 0 aliphatic carbocycles. The van der Waals surface area contributed by atoms with Crippen molar-refractivity contribution in [2.24, 2.45) is 5.92 Å². The van der Waals surface area contributed by atoms with Crippen molar-refractivity contribution in [3.63, 3.8) is 0 Å². The fourth-order valence-electron chi connectivity index (χ4n) is 1.41. The molecular weight excluding hydrogens is 244 g/mol. The van der Waals surface area contributed by atoms with Crippen molar-refractivity contribution in [1.29, 1.82) is 0 Å². The maximum absolute atomic E-state index is 11.1. The lowest BCUT2D eigenvalue weighted by Crippen LogP contribution is -2.46. The minimum atomic E-state index is -1.92. The van der Waals surface area contributed by atoms with E-state index in [1.54, 1.807) is 6.92 Å². The van der Waals surface area contributed by atoms with Crippen LogP contribution in [0.3, 0.4) is 0 Å². The van der Waals surface area contributed by atoms with Gasteiger partial charge >= 0.3 is 5.97 Å². The van der Waals surface area contributed by atoms with Crippen LogP contribution in [0.1, 0.15) is 40.5 Å². The zero-order valence-corrected chi connectivity index (χ0v) is 13.6. The molecule has 106 valence electrons. The lowest BCUT2D eigenvalue weighted by Gasteiger charge is -2.40. The van der Waals surface area contributed by atoms with E-state index < -0.39 is 20.2 Å². The van der Waals surface area contributed by atoms with Crippen molar-refractivity contribution in [3.05, 3.63) is 12.7 Å². The van der Waals surface area contributed by atoms with Crippen LogP contribution < -0.4 is 0 Å². The van der Waals surface area contributed by atoms with E-state index in [1.807, 2.05) is 6.08 Å². The SMILES string of the molecule is C=CCC[C@@H](O[Si](C)(C)C(C)(C)C)[C@@H](C)C(=O)O. The van der Waals surface area contributed by atoms with E-state index in [-0.39, 0.29) is 11.1 Å². The third kappa shape index (κ3) is 4.94. The van der Waals surface area contributed by atoms with Gasteiger partial charge in [0.15, 0.2) is 8.32 Å². The van der Waals surface area contributed by atoms with Gasteiger partial charge in [-0.05, 0) is 37.9 Å². The predicted molar refractivity (Wildman–Crippen MR) is 78.3 cm³/mol. The van der Waals surface area contributed by atoms with Crippen LogP contribution in [0.5, 0.6) is 0 Å². The van der Waals surface area contributed by atoms with Crippen molar-refractivity contribution in [3.8, 4) is 0 Å². The zero-order valence-electron chi connectivity index (χ0n) is 12.6. The maximum atomic E-state index is 11.1. The molecule has 18 heavy (non-hydrogen) atoms. The molecular formula is C14H28O3Si. The minimum absolute atomic E-state index is 0.0949. The standard InChI is InChI=1S/C14H28O3Si/c1-8-9-10-12(11(2)13(15)16)17-18(6,7)14(3,4)5/h8,11-12H,1,9-10H2,2-7H3,(H,15,16)/t11-,12-/m1/s1. The van der Waals surface area contributed by atoms with Crippen molar-refractivity contribution in [1.82, 2.24) is 0 Å². The van der Waals surface area contributed by atoms with Gasteiger partial charge < -0.3 is 9.53 Å². The average molecular weight is 272 g/mol. The average Bonchev–Trinajstić information content (AvgIpc) is 2.21. The van der Waals surface area contributed by atoms with E-state index in [2.05, 4.69) is 40.4 Å². The third-order valence-corrected chi connectivity index (χ3v) is 8.36. The molecule has 0 fully saturated rings. The first-order valence-corrected chi connectivity index (χ1v) is 9.45. The molecule has 0 aliphatic rings. The van der Waals surface area contributed by atoms with Crippen molar-refractivity contribution in [2.45, 2.75) is 64.8 Å². The van der Waals surface area contributed by atoms with Gasteiger partial charge in [0.25, 0.3) is 0 Å². The first kappa shape index (κ1) is 17.4. The van der Waals surface area contributed by atoms with Crippen LogP contribution >= 0.6 is 0 Å². The van der Waals surface area contributed by atoms with Gasteiger partial charge in [-0.25, -0.2) is 0 Å². The van der Waals surface area contributed by atoms with Crippen LogP contribution in [0, 0.1) is 5.92 Å². The first-order chi connectivity index (χ1) is 8.03. The number of rotatable bonds is 7. The smallest absolute Gasteiger partial charge is 0.308 e. The number of hydrogen-bond acceptors (Lipinski definition) is 2. The van der Waals surface area contributed by atoms with Gasteiger partial charge in [0.1, 0.15) is 0 Å². The molecule has 3 nitrogen and oxygen atoms in total. The van der Waals surface area contributed by atoms with Crippen LogP contribution in [-0.2, 0) is 9.22 Å². The quantitative estimate of drug-likeness (QED) is 0.561. The molecule has 4 heteroatoms. The Balaban J connectivity index is 4.88. The Labute approximate surface area is 112 Å². The molecule has 0 saturated heterocycles. The second kappa shape index (κ2) is 6.52. The Hall–Kier alpha value is -0.613. The molecule has 0 rings (SSSR count). The van der Waals surface area contributed by atoms with Crippen molar-refractivity contribution in [2.75, 3.05) is 0 Å². The topological polar surface area (TPSA) is 46.5 Å². The lowest BCUT2D eigenvalue weighted by molar-refractivity contribution is -0.144. The Kier molecular flexibility index (Phi) is 6.30. The van der Waals surface area contributed by atoms with Gasteiger partial charge in [-0.3, -0.25) is 4.79 Å². The molecule has 1 N–H and O–H groups in total. The molecule has 0 aliphatic heterocycles. The fourth-order valence-corrected chi connectivity index (χ4v) is 2.84. The molecule has 0 radical (unpaired) electrons. The largest absolute Gasteiger partial charge is 0.481 e. The molecule has 0 aromatic heterocycles. The number of carboxylic acids is 1. The predicted octanol–water partition coefficient (Wildman–Crippen LogP) is 4.06. The lowest BCUT2D eigenvalue weighted by atomic mass is 10.0. The van der Waals surface area contributed by atoms with E-state index >= 15 is 0 Å². The highest BCUT2D eigenvalue weighted by Gasteiger charge is 2.40. The molecule has 0 unspecified atom stereocenters. The number of carbonyl (C=O) groups is 1. The fraction of sp³-hybridized carbons (Fsp3) is 0.786. The summed E-state index contributed by atoms with van der Waals surface area (Å²) in [4.78, 5) is 11.1. The highest BCUT2D eigenvalue weighted by molar-refractivity contribution is 6.74. The van der Waals surface area contributed by atoms with Gasteiger partial charge in [-0.15, -0.1) is 6.58 Å². The van der Waals surface area contributed by atoms with Crippen molar-refractivity contribution < 1.29 is 14.3 Å². The summed E-state index contributed by atoms with van der Waals surface area (Å²) in [7, 11) is -1.92.